The Bertz CT molecular complexity index is 1330. The molecule has 0 atom stereocenters. The number of carboxylic acids is 1. The van der Waals surface area contributed by atoms with Crippen molar-refractivity contribution in [3.05, 3.63) is 77.9 Å². The van der Waals surface area contributed by atoms with E-state index in [0.29, 0.717) is 30.2 Å². The van der Waals surface area contributed by atoms with Gasteiger partial charge in [0.15, 0.2) is 9.84 Å². The van der Waals surface area contributed by atoms with E-state index in [1.807, 2.05) is 12.1 Å². The van der Waals surface area contributed by atoms with Gasteiger partial charge in [0.05, 0.1) is 24.4 Å². The molecule has 1 fully saturated rings. The first kappa shape index (κ1) is 23.3. The minimum atomic E-state index is -3.30. The van der Waals surface area contributed by atoms with Crippen molar-refractivity contribution >= 4 is 21.9 Å². The van der Waals surface area contributed by atoms with Gasteiger partial charge in [0.2, 0.25) is 0 Å². The Morgan fingerprint density at radius 2 is 1.79 bits per heavy atom. The number of carbonyl (C=O) groups excluding carboxylic acids is 1. The molecule has 1 heterocycles. The van der Waals surface area contributed by atoms with E-state index in [1.165, 1.54) is 0 Å². The second-order valence-corrected chi connectivity index (χ2v) is 9.99. The van der Waals surface area contributed by atoms with Gasteiger partial charge in [-0.1, -0.05) is 30.3 Å². The molecule has 1 amide bonds. The van der Waals surface area contributed by atoms with Crippen LogP contribution < -0.4 is 4.74 Å². The highest BCUT2D eigenvalue weighted by atomic mass is 32.2. The third-order valence-electron chi connectivity index (χ3n) is 5.36. The van der Waals surface area contributed by atoms with Gasteiger partial charge in [-0.15, -0.1) is 0 Å². The highest BCUT2D eigenvalue weighted by Gasteiger charge is 2.23. The summed E-state index contributed by atoms with van der Waals surface area (Å²) in [7, 11) is -3.30. The van der Waals surface area contributed by atoms with Crippen molar-refractivity contribution in [1.82, 2.24) is 4.90 Å². The summed E-state index contributed by atoms with van der Waals surface area (Å²) in [4.78, 5) is 24.9. The van der Waals surface area contributed by atoms with Gasteiger partial charge in [-0.3, -0.25) is 4.79 Å². The molecule has 0 bridgehead atoms. The molecule has 3 aromatic carbocycles. The highest BCUT2D eigenvalue weighted by Crippen LogP contribution is 2.32. The molecule has 176 valence electrons. The van der Waals surface area contributed by atoms with Gasteiger partial charge in [0, 0.05) is 11.8 Å². The Morgan fingerprint density at radius 3 is 2.44 bits per heavy atom. The second kappa shape index (κ2) is 9.56. The van der Waals surface area contributed by atoms with Crippen LogP contribution in [0.1, 0.15) is 11.1 Å². The van der Waals surface area contributed by atoms with E-state index in [2.05, 4.69) is 0 Å². The average molecular weight is 482 g/mol. The minimum Gasteiger partial charge on any atom is -0.481 e. The molecule has 1 aliphatic heterocycles. The lowest BCUT2D eigenvalue weighted by Crippen LogP contribution is -2.23. The lowest BCUT2D eigenvalue weighted by atomic mass is 10.0. The van der Waals surface area contributed by atoms with Crippen LogP contribution in [0.3, 0.4) is 0 Å². The fourth-order valence-corrected chi connectivity index (χ4v) is 4.30. The summed E-state index contributed by atoms with van der Waals surface area (Å²) in [5, 5.41) is 9.05. The summed E-state index contributed by atoms with van der Waals surface area (Å²) in [5.74, 6) is 0.0644. The van der Waals surface area contributed by atoms with Gasteiger partial charge in [0.25, 0.3) is 0 Å². The first-order valence-corrected chi connectivity index (χ1v) is 12.4. The Labute approximate surface area is 197 Å². The van der Waals surface area contributed by atoms with E-state index in [0.717, 1.165) is 22.9 Å². The van der Waals surface area contributed by atoms with Crippen LogP contribution in [0.15, 0.2) is 71.6 Å². The zero-order chi connectivity index (χ0) is 24.3. The number of sulfone groups is 1. The summed E-state index contributed by atoms with van der Waals surface area (Å²) in [6.07, 6.45) is 0.635. The highest BCUT2D eigenvalue weighted by molar-refractivity contribution is 7.90. The maximum atomic E-state index is 12.0. The standard InChI is InChI=1S/C25H23NO7S/c1-34(30,31)22-8-5-18(6-9-22)19-7-10-23(20(15-19)16-26-11-12-32-25(26)29)33-21-4-2-3-17(13-21)14-24(27)28/h2-10,13,15H,11-12,14,16H2,1H3,(H,27,28). The van der Waals surface area contributed by atoms with Crippen molar-refractivity contribution in [2.45, 2.75) is 17.9 Å². The molecule has 4 rings (SSSR count). The van der Waals surface area contributed by atoms with E-state index in [-0.39, 0.29) is 17.9 Å². The van der Waals surface area contributed by atoms with Crippen molar-refractivity contribution in [3.63, 3.8) is 0 Å². The quantitative estimate of drug-likeness (QED) is 0.515. The molecule has 8 nitrogen and oxygen atoms in total. The van der Waals surface area contributed by atoms with Gasteiger partial charge < -0.3 is 19.5 Å². The molecule has 1 aliphatic rings. The monoisotopic (exact) mass is 481 g/mol. The summed E-state index contributed by atoms with van der Waals surface area (Å²) in [6, 6.07) is 18.9. The van der Waals surface area contributed by atoms with E-state index in [9.17, 15) is 18.0 Å². The van der Waals surface area contributed by atoms with Crippen LogP contribution in [0.5, 0.6) is 11.5 Å². The minimum absolute atomic E-state index is 0.119. The fraction of sp³-hybridized carbons (Fsp3) is 0.200. The van der Waals surface area contributed by atoms with Gasteiger partial charge in [-0.25, -0.2) is 13.2 Å². The normalized spacial score (nSPS) is 13.6. The number of amides is 1. The van der Waals surface area contributed by atoms with Crippen LogP contribution in [0.2, 0.25) is 0 Å². The number of hydrogen-bond donors (Lipinski definition) is 1. The van der Waals surface area contributed by atoms with Gasteiger partial charge in [-0.05, 0) is 53.1 Å². The molecule has 34 heavy (non-hydrogen) atoms. The summed E-state index contributed by atoms with van der Waals surface area (Å²) in [5.41, 5.74) is 2.98. The third kappa shape index (κ3) is 5.55. The molecule has 0 unspecified atom stereocenters. The lowest BCUT2D eigenvalue weighted by molar-refractivity contribution is -0.136. The van der Waals surface area contributed by atoms with E-state index in [1.54, 1.807) is 59.5 Å². The van der Waals surface area contributed by atoms with Crippen molar-refractivity contribution in [1.29, 1.82) is 0 Å². The lowest BCUT2D eigenvalue weighted by Gasteiger charge is -2.18. The molecule has 1 saturated heterocycles. The number of aliphatic carboxylic acids is 1. The van der Waals surface area contributed by atoms with Crippen molar-refractivity contribution in [2.24, 2.45) is 0 Å². The molecule has 9 heteroatoms. The van der Waals surface area contributed by atoms with Crippen LogP contribution in [0, 0.1) is 0 Å². The number of nitrogens with zero attached hydrogens (tertiary/aromatic N) is 1. The summed E-state index contributed by atoms with van der Waals surface area (Å²) >= 11 is 0. The van der Waals surface area contributed by atoms with E-state index < -0.39 is 21.9 Å². The summed E-state index contributed by atoms with van der Waals surface area (Å²) in [6.45, 7) is 1.04. The number of cyclic esters (lactones) is 1. The first-order chi connectivity index (χ1) is 16.2. The first-order valence-electron chi connectivity index (χ1n) is 10.5. The molecule has 0 saturated carbocycles. The Morgan fingerprint density at radius 1 is 1.06 bits per heavy atom. The average Bonchev–Trinajstić information content (AvgIpc) is 3.18. The number of benzene rings is 3. The van der Waals surface area contributed by atoms with Crippen LogP contribution in [0.25, 0.3) is 11.1 Å². The molecule has 0 aliphatic carbocycles. The zero-order valence-electron chi connectivity index (χ0n) is 18.4. The van der Waals surface area contributed by atoms with Crippen molar-refractivity contribution < 1.29 is 32.6 Å². The van der Waals surface area contributed by atoms with Crippen LogP contribution >= 0.6 is 0 Å². The predicted molar refractivity (Wildman–Crippen MR) is 125 cm³/mol. The summed E-state index contributed by atoms with van der Waals surface area (Å²) < 4.78 is 34.6. The number of rotatable bonds is 8. The second-order valence-electron chi connectivity index (χ2n) is 7.97. The van der Waals surface area contributed by atoms with Crippen molar-refractivity contribution in [2.75, 3.05) is 19.4 Å². The topological polar surface area (TPSA) is 110 Å². The van der Waals surface area contributed by atoms with E-state index >= 15 is 0 Å². The SMILES string of the molecule is CS(=O)(=O)c1ccc(-c2ccc(Oc3cccc(CC(=O)O)c3)c(CN3CCOC3=O)c2)cc1. The molecule has 0 spiro atoms. The maximum absolute atomic E-state index is 12.0. The Hall–Kier alpha value is -3.85. The van der Waals surface area contributed by atoms with Gasteiger partial charge in [-0.2, -0.15) is 0 Å². The van der Waals surface area contributed by atoms with Gasteiger partial charge in [0.1, 0.15) is 18.1 Å². The number of hydrogen-bond acceptors (Lipinski definition) is 6. The van der Waals surface area contributed by atoms with Crippen LogP contribution in [-0.2, 0) is 32.3 Å². The van der Waals surface area contributed by atoms with Crippen molar-refractivity contribution in [3.8, 4) is 22.6 Å². The Balaban J connectivity index is 1.67. The predicted octanol–water partition coefficient (Wildman–Crippen LogP) is 4.13. The maximum Gasteiger partial charge on any atom is 0.410 e. The number of carboxylic acid groups (broad SMARTS) is 1. The number of ether oxygens (including phenoxy) is 2. The van der Waals surface area contributed by atoms with Crippen LogP contribution in [0.4, 0.5) is 4.79 Å². The zero-order valence-corrected chi connectivity index (χ0v) is 19.2. The number of carbonyl (C=O) groups is 2. The van der Waals surface area contributed by atoms with E-state index in [4.69, 9.17) is 14.6 Å². The molecule has 0 radical (unpaired) electrons. The third-order valence-corrected chi connectivity index (χ3v) is 6.49. The van der Waals surface area contributed by atoms with Crippen LogP contribution in [-0.4, -0.2) is 49.9 Å². The molecular formula is C25H23NO7S. The molecular weight excluding hydrogens is 458 g/mol. The largest absolute Gasteiger partial charge is 0.481 e. The smallest absolute Gasteiger partial charge is 0.410 e. The molecule has 0 aromatic heterocycles. The fourth-order valence-electron chi connectivity index (χ4n) is 3.67. The van der Waals surface area contributed by atoms with Gasteiger partial charge >= 0.3 is 12.1 Å². The molecule has 3 aromatic rings. The molecule has 1 N–H and O–H groups in total. The Kier molecular flexibility index (Phi) is 6.56.